The third-order valence-corrected chi connectivity index (χ3v) is 4.40. The second-order valence-electron chi connectivity index (χ2n) is 4.27. The Bertz CT molecular complexity index is 591. The fourth-order valence-electron chi connectivity index (χ4n) is 1.47. The van der Waals surface area contributed by atoms with Crippen LogP contribution in [0.4, 0.5) is 0 Å². The molecular weight excluding hydrogens is 286 g/mol. The van der Waals surface area contributed by atoms with Crippen LogP contribution in [0.3, 0.4) is 0 Å². The Morgan fingerprint density at radius 2 is 2.05 bits per heavy atom. The number of carbonyl (C=O) groups excluding carboxylic acids is 1. The van der Waals surface area contributed by atoms with E-state index in [-0.39, 0.29) is 24.5 Å². The van der Waals surface area contributed by atoms with Gasteiger partial charge in [-0.05, 0) is 12.1 Å². The summed E-state index contributed by atoms with van der Waals surface area (Å²) in [5.74, 6) is -1.79. The summed E-state index contributed by atoms with van der Waals surface area (Å²) in [6, 6.07) is 3.02. The third-order valence-electron chi connectivity index (χ3n) is 2.57. The number of sulfonamides is 1. The van der Waals surface area contributed by atoms with E-state index in [1.807, 2.05) is 0 Å². The van der Waals surface area contributed by atoms with Gasteiger partial charge in [0.15, 0.2) is 0 Å². The predicted octanol–water partition coefficient (Wildman–Crippen LogP) is -0.806. The van der Waals surface area contributed by atoms with Crippen LogP contribution in [0.25, 0.3) is 0 Å². The van der Waals surface area contributed by atoms with Crippen molar-refractivity contribution in [2.24, 2.45) is 0 Å². The maximum absolute atomic E-state index is 11.8. The van der Waals surface area contributed by atoms with Crippen LogP contribution in [0.5, 0.6) is 0 Å². The fraction of sp³-hybridized carbons (Fsp3) is 0.455. The second-order valence-corrected chi connectivity index (χ2v) is 6.57. The minimum atomic E-state index is -3.37. The van der Waals surface area contributed by atoms with Crippen LogP contribution in [0.15, 0.2) is 18.3 Å². The van der Waals surface area contributed by atoms with Crippen molar-refractivity contribution in [3.63, 3.8) is 0 Å². The molecule has 1 rings (SSSR count). The smallest absolute Gasteiger partial charge is 0.323 e. The van der Waals surface area contributed by atoms with Gasteiger partial charge in [0.2, 0.25) is 10.0 Å². The highest BCUT2D eigenvalue weighted by atomic mass is 32.2. The van der Waals surface area contributed by atoms with Crippen LogP contribution in [0.1, 0.15) is 10.5 Å². The number of carboxylic acids is 1. The molecule has 0 saturated heterocycles. The summed E-state index contributed by atoms with van der Waals surface area (Å²) in [6.45, 7) is -0.372. The van der Waals surface area contributed by atoms with E-state index in [0.717, 1.165) is 4.31 Å². The van der Waals surface area contributed by atoms with Gasteiger partial charge in [-0.2, -0.15) is 0 Å². The van der Waals surface area contributed by atoms with Gasteiger partial charge in [0.05, 0.1) is 5.75 Å². The zero-order valence-corrected chi connectivity index (χ0v) is 12.1. The Morgan fingerprint density at radius 1 is 1.40 bits per heavy atom. The summed E-state index contributed by atoms with van der Waals surface area (Å²) in [5.41, 5.74) is 0.176. The zero-order valence-electron chi connectivity index (χ0n) is 11.2. The molecule has 0 aliphatic carbocycles. The molecule has 0 spiro atoms. The van der Waals surface area contributed by atoms with E-state index in [4.69, 9.17) is 5.11 Å². The van der Waals surface area contributed by atoms with Crippen LogP contribution >= 0.6 is 0 Å². The summed E-state index contributed by atoms with van der Waals surface area (Å²) in [5, 5.41) is 11.1. The first-order chi connectivity index (χ1) is 9.24. The summed E-state index contributed by atoms with van der Waals surface area (Å²) < 4.78 is 25.4. The Morgan fingerprint density at radius 3 is 2.60 bits per heavy atom. The standard InChI is InChI=1S/C11H17N3O5S/c1-13(2)20(18,19)7-5-12-11(17)9-4-3-6-14(9)8-10(15)16/h3-4,6H,5,7-8H2,1-2H3,(H,12,17)(H,15,16). The topological polar surface area (TPSA) is 109 Å². The number of nitrogens with one attached hydrogen (secondary N) is 1. The van der Waals surface area contributed by atoms with Crippen LogP contribution in [0, 0.1) is 0 Å². The highest BCUT2D eigenvalue weighted by Crippen LogP contribution is 2.02. The van der Waals surface area contributed by atoms with E-state index >= 15 is 0 Å². The Balaban J connectivity index is 2.60. The van der Waals surface area contributed by atoms with Crippen molar-refractivity contribution in [3.8, 4) is 0 Å². The molecular formula is C11H17N3O5S. The molecule has 0 bridgehead atoms. The first-order valence-corrected chi connectivity index (χ1v) is 7.40. The lowest BCUT2D eigenvalue weighted by Crippen LogP contribution is -2.34. The summed E-state index contributed by atoms with van der Waals surface area (Å²) in [7, 11) is -0.550. The van der Waals surface area contributed by atoms with Gasteiger partial charge in [0.1, 0.15) is 12.2 Å². The van der Waals surface area contributed by atoms with Crippen molar-refractivity contribution in [2.45, 2.75) is 6.54 Å². The highest BCUT2D eigenvalue weighted by molar-refractivity contribution is 7.89. The monoisotopic (exact) mass is 303 g/mol. The van der Waals surface area contributed by atoms with Gasteiger partial charge in [-0.3, -0.25) is 9.59 Å². The molecule has 2 N–H and O–H groups in total. The van der Waals surface area contributed by atoms with Gasteiger partial charge >= 0.3 is 5.97 Å². The largest absolute Gasteiger partial charge is 0.480 e. The summed E-state index contributed by atoms with van der Waals surface area (Å²) in [6.07, 6.45) is 1.47. The molecule has 1 aromatic heterocycles. The molecule has 0 unspecified atom stereocenters. The second kappa shape index (κ2) is 6.53. The number of amides is 1. The van der Waals surface area contributed by atoms with Crippen LogP contribution in [-0.2, 0) is 21.4 Å². The van der Waals surface area contributed by atoms with Gasteiger partial charge in [-0.15, -0.1) is 0 Å². The highest BCUT2D eigenvalue weighted by Gasteiger charge is 2.16. The van der Waals surface area contributed by atoms with Gasteiger partial charge in [0, 0.05) is 26.8 Å². The maximum Gasteiger partial charge on any atom is 0.323 e. The Hall–Kier alpha value is -1.87. The predicted molar refractivity (Wildman–Crippen MR) is 71.9 cm³/mol. The first-order valence-electron chi connectivity index (χ1n) is 5.79. The van der Waals surface area contributed by atoms with Crippen molar-refractivity contribution in [3.05, 3.63) is 24.0 Å². The number of carbonyl (C=O) groups is 2. The molecule has 1 heterocycles. The lowest BCUT2D eigenvalue weighted by atomic mass is 10.4. The third kappa shape index (κ3) is 4.35. The number of hydrogen-bond acceptors (Lipinski definition) is 4. The fourth-order valence-corrected chi connectivity index (χ4v) is 2.20. The maximum atomic E-state index is 11.8. The summed E-state index contributed by atoms with van der Waals surface area (Å²) in [4.78, 5) is 22.5. The first kappa shape index (κ1) is 16.2. The molecule has 8 nitrogen and oxygen atoms in total. The number of rotatable bonds is 7. The van der Waals surface area contributed by atoms with Gasteiger partial charge in [-0.1, -0.05) is 0 Å². The summed E-state index contributed by atoms with van der Waals surface area (Å²) >= 11 is 0. The lowest BCUT2D eigenvalue weighted by molar-refractivity contribution is -0.137. The number of hydrogen-bond donors (Lipinski definition) is 2. The van der Waals surface area contributed by atoms with Crippen molar-refractivity contribution >= 4 is 21.9 Å². The van der Waals surface area contributed by atoms with Crippen molar-refractivity contribution in [2.75, 3.05) is 26.4 Å². The molecule has 0 aromatic carbocycles. The lowest BCUT2D eigenvalue weighted by Gasteiger charge is -2.12. The molecule has 9 heteroatoms. The number of nitrogens with zero attached hydrogens (tertiary/aromatic N) is 2. The molecule has 0 aliphatic rings. The van der Waals surface area contributed by atoms with E-state index < -0.39 is 21.9 Å². The molecule has 112 valence electrons. The van der Waals surface area contributed by atoms with Crippen molar-refractivity contribution in [1.82, 2.24) is 14.2 Å². The average Bonchev–Trinajstić information content (AvgIpc) is 2.75. The number of carboxylic acid groups (broad SMARTS) is 1. The molecule has 1 amide bonds. The quantitative estimate of drug-likeness (QED) is 0.685. The molecule has 0 atom stereocenters. The number of aliphatic carboxylic acids is 1. The Kier molecular flexibility index (Phi) is 5.28. The number of aromatic nitrogens is 1. The molecule has 0 fully saturated rings. The minimum Gasteiger partial charge on any atom is -0.480 e. The van der Waals surface area contributed by atoms with Crippen LogP contribution in [-0.4, -0.2) is 60.7 Å². The van der Waals surface area contributed by atoms with E-state index in [9.17, 15) is 18.0 Å². The van der Waals surface area contributed by atoms with E-state index in [2.05, 4.69) is 5.32 Å². The zero-order chi connectivity index (χ0) is 15.3. The van der Waals surface area contributed by atoms with Gasteiger partial charge in [0.25, 0.3) is 5.91 Å². The molecule has 20 heavy (non-hydrogen) atoms. The Labute approximate surface area is 117 Å². The van der Waals surface area contributed by atoms with Gasteiger partial charge < -0.3 is 15.0 Å². The van der Waals surface area contributed by atoms with E-state index in [0.29, 0.717) is 0 Å². The SMILES string of the molecule is CN(C)S(=O)(=O)CCNC(=O)c1cccn1CC(=O)O. The molecule has 0 radical (unpaired) electrons. The van der Waals surface area contributed by atoms with Gasteiger partial charge in [-0.25, -0.2) is 12.7 Å². The van der Waals surface area contributed by atoms with E-state index in [1.54, 1.807) is 6.07 Å². The van der Waals surface area contributed by atoms with E-state index in [1.165, 1.54) is 30.9 Å². The van der Waals surface area contributed by atoms with Crippen molar-refractivity contribution < 1.29 is 23.1 Å². The molecule has 0 aliphatic heterocycles. The average molecular weight is 303 g/mol. The van der Waals surface area contributed by atoms with Crippen LogP contribution < -0.4 is 5.32 Å². The molecule has 0 saturated carbocycles. The van der Waals surface area contributed by atoms with Crippen molar-refractivity contribution in [1.29, 1.82) is 0 Å². The minimum absolute atomic E-state index is 0.0440. The molecule has 1 aromatic rings. The normalized spacial score (nSPS) is 11.6. The van der Waals surface area contributed by atoms with Crippen LogP contribution in [0.2, 0.25) is 0 Å².